The fourth-order valence-corrected chi connectivity index (χ4v) is 7.62. The second-order valence-electron chi connectivity index (χ2n) is 6.51. The van der Waals surface area contributed by atoms with Crippen molar-refractivity contribution in [3.63, 3.8) is 0 Å². The van der Waals surface area contributed by atoms with Gasteiger partial charge in [0.05, 0.1) is 21.2 Å². The van der Waals surface area contributed by atoms with Crippen LogP contribution in [0.4, 0.5) is 11.4 Å². The van der Waals surface area contributed by atoms with E-state index in [1.54, 1.807) is 12.1 Å². The van der Waals surface area contributed by atoms with Crippen LogP contribution in [0.5, 0.6) is 5.75 Å². The lowest BCUT2D eigenvalue weighted by Crippen LogP contribution is -2.29. The highest BCUT2D eigenvalue weighted by molar-refractivity contribution is 7.99. The molecular weight excluding hydrogens is 491 g/mol. The highest BCUT2D eigenvalue weighted by atomic mass is 32.2. The van der Waals surface area contributed by atoms with Crippen LogP contribution < -0.4 is 8.80 Å². The molecule has 0 unspecified atom stereocenters. The first kappa shape index (κ1) is 24.7. The number of hydrogen-bond acceptors (Lipinski definition) is 8. The van der Waals surface area contributed by atoms with Crippen LogP contribution in [0.1, 0.15) is 0 Å². The predicted molar refractivity (Wildman–Crippen MR) is 123 cm³/mol. The average Bonchev–Trinajstić information content (AvgIpc) is 2.82. The highest BCUT2D eigenvalue weighted by Crippen LogP contribution is 2.56. The molecule has 3 aromatic rings. The van der Waals surface area contributed by atoms with Gasteiger partial charge in [-0.1, -0.05) is 36.4 Å². The summed E-state index contributed by atoms with van der Waals surface area (Å²) >= 11 is 0. The van der Waals surface area contributed by atoms with E-state index in [-0.39, 0.29) is 21.2 Å². The molecule has 0 heterocycles. The molecule has 0 fully saturated rings. The minimum absolute atomic E-state index is 0.0805. The molecule has 3 rings (SSSR count). The summed E-state index contributed by atoms with van der Waals surface area (Å²) in [6.07, 6.45) is 0. The number of aromatic hydroxyl groups is 1. The SMILES string of the molecule is COP(=O)(OC)N(c1ccc(O)c(NS(=O)(=O)c2ccccc2)c1)S(=O)(=O)c1ccccc1. The van der Waals surface area contributed by atoms with Crippen molar-refractivity contribution in [3.05, 3.63) is 78.9 Å². The standard InChI is InChI=1S/C20H21N2O8PS2/c1-29-31(24,30-2)22(33(27,28)18-11-7-4-8-12-18)16-13-14-20(23)19(15-16)21-32(25,26)17-9-5-3-6-10-17/h3-15,21,23H,1-2H3. The van der Waals surface area contributed by atoms with Crippen LogP contribution in [0.3, 0.4) is 0 Å². The Morgan fingerprint density at radius 2 is 1.33 bits per heavy atom. The molecule has 0 atom stereocenters. The van der Waals surface area contributed by atoms with Crippen LogP contribution in [-0.4, -0.2) is 36.2 Å². The van der Waals surface area contributed by atoms with E-state index in [1.165, 1.54) is 48.5 Å². The lowest BCUT2D eigenvalue weighted by molar-refractivity contribution is 0.277. The number of anilines is 2. The number of phenols is 1. The Balaban J connectivity index is 2.16. The molecule has 2 N–H and O–H groups in total. The van der Waals surface area contributed by atoms with Crippen molar-refractivity contribution in [3.8, 4) is 5.75 Å². The summed E-state index contributed by atoms with van der Waals surface area (Å²) in [6.45, 7) is 0. The summed E-state index contributed by atoms with van der Waals surface area (Å²) in [7, 11) is -11.1. The lowest BCUT2D eigenvalue weighted by Gasteiger charge is -2.29. The molecule has 13 heteroatoms. The van der Waals surface area contributed by atoms with E-state index >= 15 is 0 Å². The smallest absolute Gasteiger partial charge is 0.448 e. The van der Waals surface area contributed by atoms with Crippen molar-refractivity contribution in [1.82, 2.24) is 0 Å². The number of nitrogens with one attached hydrogen (secondary N) is 1. The zero-order valence-corrected chi connectivity index (χ0v) is 20.0. The molecule has 0 radical (unpaired) electrons. The Kier molecular flexibility index (Phi) is 7.15. The number of sulfonamides is 2. The number of benzene rings is 3. The zero-order valence-electron chi connectivity index (χ0n) is 17.5. The maximum Gasteiger partial charge on any atom is 0.448 e. The summed E-state index contributed by atoms with van der Waals surface area (Å²) in [5, 5.41) is 10.2. The third kappa shape index (κ3) is 5.05. The maximum atomic E-state index is 13.4. The molecule has 0 saturated carbocycles. The van der Waals surface area contributed by atoms with Crippen molar-refractivity contribution in [2.75, 3.05) is 23.0 Å². The number of phenolic OH excluding ortho intramolecular Hbond substituents is 1. The fraction of sp³-hybridized carbons (Fsp3) is 0.100. The van der Waals surface area contributed by atoms with E-state index in [0.717, 1.165) is 32.4 Å². The normalized spacial score (nSPS) is 12.3. The Hall–Kier alpha value is -2.89. The van der Waals surface area contributed by atoms with Crippen LogP contribution >= 0.6 is 7.75 Å². The van der Waals surface area contributed by atoms with Crippen molar-refractivity contribution < 1.29 is 35.6 Å². The molecule has 3 aromatic carbocycles. The van der Waals surface area contributed by atoms with Crippen LogP contribution in [0.25, 0.3) is 0 Å². The summed E-state index contributed by atoms with van der Waals surface area (Å²) in [5.41, 5.74) is -0.613. The molecule has 0 aliphatic carbocycles. The molecule has 0 saturated heterocycles. The molecule has 10 nitrogen and oxygen atoms in total. The Morgan fingerprint density at radius 1 is 0.818 bits per heavy atom. The van der Waals surface area contributed by atoms with Crippen molar-refractivity contribution in [2.24, 2.45) is 0 Å². The van der Waals surface area contributed by atoms with Gasteiger partial charge in [0.25, 0.3) is 20.0 Å². The molecule has 0 amide bonds. The molecular formula is C20H21N2O8PS2. The monoisotopic (exact) mass is 512 g/mol. The quantitative estimate of drug-likeness (QED) is 0.326. The second-order valence-corrected chi connectivity index (χ2v) is 12.3. The maximum absolute atomic E-state index is 13.4. The molecule has 0 spiro atoms. The largest absolute Gasteiger partial charge is 0.506 e. The molecule has 0 bridgehead atoms. The predicted octanol–water partition coefficient (Wildman–Crippen LogP) is 3.79. The first-order valence-electron chi connectivity index (χ1n) is 9.28. The summed E-state index contributed by atoms with van der Waals surface area (Å²) in [6, 6.07) is 17.7. The summed E-state index contributed by atoms with van der Waals surface area (Å²) in [5.74, 6) is -0.486. The lowest BCUT2D eigenvalue weighted by atomic mass is 10.3. The fourth-order valence-electron chi connectivity index (χ4n) is 2.86. The van der Waals surface area contributed by atoms with Crippen LogP contribution in [0, 0.1) is 0 Å². The second kappa shape index (κ2) is 9.54. The van der Waals surface area contributed by atoms with Crippen molar-refractivity contribution >= 4 is 39.2 Å². The average molecular weight is 513 g/mol. The minimum Gasteiger partial charge on any atom is -0.506 e. The molecule has 0 aliphatic heterocycles. The third-order valence-corrected chi connectivity index (χ3v) is 10.2. The highest BCUT2D eigenvalue weighted by Gasteiger charge is 2.42. The Labute approximate surface area is 192 Å². The van der Waals surface area contributed by atoms with Gasteiger partial charge in [-0.15, -0.1) is 0 Å². The van der Waals surface area contributed by atoms with Gasteiger partial charge in [-0.05, 0) is 42.5 Å². The van der Waals surface area contributed by atoms with Crippen LogP contribution in [0.2, 0.25) is 0 Å². The van der Waals surface area contributed by atoms with Gasteiger partial charge < -0.3 is 5.11 Å². The molecule has 0 aliphatic rings. The molecule has 33 heavy (non-hydrogen) atoms. The van der Waals surface area contributed by atoms with E-state index < -0.39 is 33.5 Å². The van der Waals surface area contributed by atoms with E-state index in [1.807, 2.05) is 0 Å². The number of hydrogen-bond donors (Lipinski definition) is 2. The van der Waals surface area contributed by atoms with E-state index in [9.17, 15) is 26.5 Å². The number of rotatable bonds is 9. The topological polar surface area (TPSA) is 139 Å². The van der Waals surface area contributed by atoms with Gasteiger partial charge in [-0.2, -0.15) is 4.08 Å². The zero-order chi connectivity index (χ0) is 24.3. The van der Waals surface area contributed by atoms with Gasteiger partial charge in [0.15, 0.2) is 0 Å². The van der Waals surface area contributed by atoms with E-state index in [2.05, 4.69) is 4.72 Å². The van der Waals surface area contributed by atoms with Crippen molar-refractivity contribution in [1.29, 1.82) is 0 Å². The van der Waals surface area contributed by atoms with Gasteiger partial charge in [-0.3, -0.25) is 13.8 Å². The molecule has 176 valence electrons. The Bertz CT molecular complexity index is 1370. The van der Waals surface area contributed by atoms with Crippen LogP contribution in [0.15, 0.2) is 88.7 Å². The third-order valence-electron chi connectivity index (χ3n) is 4.45. The first-order chi connectivity index (χ1) is 15.5. The first-order valence-corrected chi connectivity index (χ1v) is 13.7. The van der Waals surface area contributed by atoms with Gasteiger partial charge in [0.2, 0.25) is 0 Å². The Morgan fingerprint density at radius 3 is 1.85 bits per heavy atom. The van der Waals surface area contributed by atoms with Gasteiger partial charge >= 0.3 is 7.75 Å². The summed E-state index contributed by atoms with van der Waals surface area (Å²) in [4.78, 5) is -0.290. The summed E-state index contributed by atoms with van der Waals surface area (Å²) < 4.78 is 78.0. The minimum atomic E-state index is -4.50. The van der Waals surface area contributed by atoms with Gasteiger partial charge in [-0.25, -0.2) is 21.4 Å². The van der Waals surface area contributed by atoms with Crippen LogP contribution in [-0.2, 0) is 33.7 Å². The van der Waals surface area contributed by atoms with Crippen molar-refractivity contribution in [2.45, 2.75) is 9.79 Å². The van der Waals surface area contributed by atoms with Gasteiger partial charge in [0, 0.05) is 14.2 Å². The van der Waals surface area contributed by atoms with E-state index in [4.69, 9.17) is 9.05 Å². The van der Waals surface area contributed by atoms with E-state index in [0.29, 0.717) is 4.08 Å². The number of nitrogens with zero attached hydrogens (tertiary/aromatic N) is 1. The molecule has 0 aromatic heterocycles. The van der Waals surface area contributed by atoms with Gasteiger partial charge in [0.1, 0.15) is 5.75 Å².